The van der Waals surface area contributed by atoms with Crippen molar-refractivity contribution >= 4 is 29.9 Å². The van der Waals surface area contributed by atoms with Crippen molar-refractivity contribution in [3.8, 4) is 0 Å². The molecule has 1 aromatic carbocycles. The van der Waals surface area contributed by atoms with Gasteiger partial charge in [0.2, 0.25) is 5.89 Å². The highest BCUT2D eigenvalue weighted by Gasteiger charge is 2.11. The maximum atomic E-state index is 13.7. The first-order chi connectivity index (χ1) is 11.9. The van der Waals surface area contributed by atoms with Crippen molar-refractivity contribution in [3.63, 3.8) is 0 Å². The SMILES string of the molecule is CN=C(NCCc1nc(C(C)C)no1)NC(C)c1ccc(C)c(F)c1.I. The smallest absolute Gasteiger partial charge is 0.228 e. The summed E-state index contributed by atoms with van der Waals surface area (Å²) in [4.78, 5) is 8.53. The molecular weight excluding hydrogens is 448 g/mol. The van der Waals surface area contributed by atoms with Gasteiger partial charge in [-0.05, 0) is 31.0 Å². The van der Waals surface area contributed by atoms with Crippen molar-refractivity contribution in [2.24, 2.45) is 4.99 Å². The molecule has 0 fully saturated rings. The van der Waals surface area contributed by atoms with Crippen LogP contribution in [0.3, 0.4) is 0 Å². The Morgan fingerprint density at radius 2 is 2.04 bits per heavy atom. The van der Waals surface area contributed by atoms with Crippen LogP contribution in [0.25, 0.3) is 0 Å². The van der Waals surface area contributed by atoms with E-state index in [1.807, 2.05) is 26.8 Å². The second-order valence-electron chi connectivity index (χ2n) is 6.32. The molecule has 2 N–H and O–H groups in total. The number of rotatable bonds is 6. The van der Waals surface area contributed by atoms with Crippen LogP contribution in [0.5, 0.6) is 0 Å². The van der Waals surface area contributed by atoms with Crippen LogP contribution in [-0.2, 0) is 6.42 Å². The molecule has 1 unspecified atom stereocenters. The highest BCUT2D eigenvalue weighted by molar-refractivity contribution is 14.0. The van der Waals surface area contributed by atoms with Crippen molar-refractivity contribution < 1.29 is 8.91 Å². The van der Waals surface area contributed by atoms with E-state index in [1.54, 1.807) is 26.1 Å². The minimum Gasteiger partial charge on any atom is -0.356 e. The van der Waals surface area contributed by atoms with Crippen molar-refractivity contribution in [2.45, 2.75) is 46.1 Å². The molecule has 144 valence electrons. The zero-order chi connectivity index (χ0) is 18.4. The summed E-state index contributed by atoms with van der Waals surface area (Å²) in [5.41, 5.74) is 1.50. The summed E-state index contributed by atoms with van der Waals surface area (Å²) in [6.45, 7) is 8.36. The third-order valence-electron chi connectivity index (χ3n) is 3.90. The van der Waals surface area contributed by atoms with E-state index in [9.17, 15) is 4.39 Å². The largest absolute Gasteiger partial charge is 0.356 e. The first-order valence-electron chi connectivity index (χ1n) is 8.46. The van der Waals surface area contributed by atoms with Crippen molar-refractivity contribution in [1.82, 2.24) is 20.8 Å². The van der Waals surface area contributed by atoms with Crippen molar-refractivity contribution in [3.05, 3.63) is 46.9 Å². The highest BCUT2D eigenvalue weighted by atomic mass is 127. The van der Waals surface area contributed by atoms with Crippen molar-refractivity contribution in [2.75, 3.05) is 13.6 Å². The summed E-state index contributed by atoms with van der Waals surface area (Å²) in [5.74, 6) is 1.99. The van der Waals surface area contributed by atoms with Gasteiger partial charge in [0.1, 0.15) is 5.82 Å². The average Bonchev–Trinajstić information content (AvgIpc) is 3.05. The van der Waals surface area contributed by atoms with E-state index in [1.165, 1.54) is 0 Å². The van der Waals surface area contributed by atoms with E-state index in [4.69, 9.17) is 4.52 Å². The molecule has 0 radical (unpaired) electrons. The van der Waals surface area contributed by atoms with E-state index in [0.29, 0.717) is 36.2 Å². The second kappa shape index (κ2) is 10.4. The summed E-state index contributed by atoms with van der Waals surface area (Å²) < 4.78 is 18.9. The predicted octanol–water partition coefficient (Wildman–Crippen LogP) is 3.73. The molecule has 0 amide bonds. The lowest BCUT2D eigenvalue weighted by Crippen LogP contribution is -2.39. The lowest BCUT2D eigenvalue weighted by molar-refractivity contribution is 0.371. The molecule has 1 atom stereocenters. The molecule has 1 heterocycles. The van der Waals surface area contributed by atoms with Gasteiger partial charge in [0.25, 0.3) is 0 Å². The van der Waals surface area contributed by atoms with Crippen LogP contribution >= 0.6 is 24.0 Å². The topological polar surface area (TPSA) is 75.3 Å². The fourth-order valence-corrected chi connectivity index (χ4v) is 2.25. The standard InChI is InChI=1S/C18H26FN5O.HI/c1-11(2)17-23-16(25-24-17)8-9-21-18(20-5)22-13(4)14-7-6-12(3)15(19)10-14;/h6-7,10-11,13H,8-9H2,1-5H3,(H2,20,21,22);1H. The lowest BCUT2D eigenvalue weighted by atomic mass is 10.1. The van der Waals surface area contributed by atoms with Crippen LogP contribution in [0.2, 0.25) is 0 Å². The van der Waals surface area contributed by atoms with Gasteiger partial charge in [0.05, 0.1) is 6.04 Å². The number of halogens is 2. The summed E-state index contributed by atoms with van der Waals surface area (Å²) in [7, 11) is 1.70. The summed E-state index contributed by atoms with van der Waals surface area (Å²) in [6.07, 6.45) is 0.605. The maximum absolute atomic E-state index is 13.7. The van der Waals surface area contributed by atoms with Gasteiger partial charge in [-0.2, -0.15) is 4.98 Å². The zero-order valence-corrected chi connectivity index (χ0v) is 18.2. The maximum Gasteiger partial charge on any atom is 0.228 e. The Bertz CT molecular complexity index is 732. The predicted molar refractivity (Wildman–Crippen MR) is 112 cm³/mol. The average molecular weight is 475 g/mol. The van der Waals surface area contributed by atoms with Gasteiger partial charge in [-0.3, -0.25) is 4.99 Å². The van der Waals surface area contributed by atoms with E-state index < -0.39 is 0 Å². The molecule has 0 spiro atoms. The molecule has 6 nitrogen and oxygen atoms in total. The van der Waals surface area contributed by atoms with Gasteiger partial charge in [0.15, 0.2) is 11.8 Å². The molecular formula is C18H27FIN5O. The number of aromatic nitrogens is 2. The Morgan fingerprint density at radius 3 is 2.62 bits per heavy atom. The third kappa shape index (κ3) is 6.22. The molecule has 0 bridgehead atoms. The number of aliphatic imine (C=N–C) groups is 1. The zero-order valence-electron chi connectivity index (χ0n) is 15.8. The molecule has 2 aromatic rings. The second-order valence-corrected chi connectivity index (χ2v) is 6.32. The normalized spacial score (nSPS) is 12.7. The highest BCUT2D eigenvalue weighted by Crippen LogP contribution is 2.16. The van der Waals surface area contributed by atoms with Gasteiger partial charge in [-0.1, -0.05) is 31.1 Å². The number of hydrogen-bond acceptors (Lipinski definition) is 4. The molecule has 2 rings (SSSR count). The first-order valence-corrected chi connectivity index (χ1v) is 8.46. The van der Waals surface area contributed by atoms with Crippen LogP contribution < -0.4 is 10.6 Å². The molecule has 1 aromatic heterocycles. The number of benzene rings is 1. The summed E-state index contributed by atoms with van der Waals surface area (Å²) in [5, 5.41) is 10.4. The molecule has 8 heteroatoms. The Balaban J connectivity index is 0.00000338. The Morgan fingerprint density at radius 1 is 1.31 bits per heavy atom. The van der Waals surface area contributed by atoms with Crippen LogP contribution in [0.4, 0.5) is 4.39 Å². The van der Waals surface area contributed by atoms with E-state index in [-0.39, 0.29) is 41.8 Å². The van der Waals surface area contributed by atoms with Crippen LogP contribution in [-0.4, -0.2) is 29.7 Å². The van der Waals surface area contributed by atoms with Gasteiger partial charge < -0.3 is 15.2 Å². The van der Waals surface area contributed by atoms with Gasteiger partial charge in [0, 0.05) is 25.9 Å². The fraction of sp³-hybridized carbons (Fsp3) is 0.500. The number of aryl methyl sites for hydroxylation is 1. The number of hydrogen-bond donors (Lipinski definition) is 2. The molecule has 0 aliphatic carbocycles. The monoisotopic (exact) mass is 475 g/mol. The van der Waals surface area contributed by atoms with Crippen molar-refractivity contribution in [1.29, 1.82) is 0 Å². The van der Waals surface area contributed by atoms with Crippen LogP contribution in [0.1, 0.15) is 55.6 Å². The number of nitrogens with one attached hydrogen (secondary N) is 2. The Hall–Kier alpha value is -1.71. The molecule has 0 saturated carbocycles. The Labute approximate surface area is 171 Å². The summed E-state index contributed by atoms with van der Waals surface area (Å²) in [6, 6.07) is 5.17. The van der Waals surface area contributed by atoms with Gasteiger partial charge in [-0.15, -0.1) is 24.0 Å². The summed E-state index contributed by atoms with van der Waals surface area (Å²) >= 11 is 0. The van der Waals surface area contributed by atoms with E-state index in [2.05, 4.69) is 25.8 Å². The minimum absolute atomic E-state index is 0. The van der Waals surface area contributed by atoms with E-state index >= 15 is 0 Å². The first kappa shape index (κ1) is 22.3. The fourth-order valence-electron chi connectivity index (χ4n) is 2.25. The molecule has 0 aliphatic heterocycles. The minimum atomic E-state index is -0.202. The molecule has 26 heavy (non-hydrogen) atoms. The molecule has 0 aliphatic rings. The number of guanidine groups is 1. The third-order valence-corrected chi connectivity index (χ3v) is 3.90. The number of nitrogens with zero attached hydrogens (tertiary/aromatic N) is 3. The quantitative estimate of drug-likeness (QED) is 0.379. The Kier molecular flexibility index (Phi) is 8.97. The van der Waals surface area contributed by atoms with Crippen LogP contribution in [0, 0.1) is 12.7 Å². The lowest BCUT2D eigenvalue weighted by Gasteiger charge is -2.18. The van der Waals surface area contributed by atoms with Gasteiger partial charge in [-0.25, -0.2) is 4.39 Å². The molecule has 0 saturated heterocycles. The van der Waals surface area contributed by atoms with Crippen LogP contribution in [0.15, 0.2) is 27.7 Å². The van der Waals surface area contributed by atoms with Gasteiger partial charge >= 0.3 is 0 Å². The van der Waals surface area contributed by atoms with E-state index in [0.717, 1.165) is 5.56 Å².